The van der Waals surface area contributed by atoms with Gasteiger partial charge in [-0.1, -0.05) is 54.2 Å². The maximum atomic E-state index is 13.2. The van der Waals surface area contributed by atoms with Gasteiger partial charge < -0.3 is 10.6 Å². The first-order chi connectivity index (χ1) is 13.6. The number of amides is 2. The van der Waals surface area contributed by atoms with Gasteiger partial charge in [0.25, 0.3) is 0 Å². The van der Waals surface area contributed by atoms with Crippen molar-refractivity contribution in [3.63, 3.8) is 0 Å². The Bertz CT molecular complexity index is 936. The number of hydrogen-bond acceptors (Lipinski definition) is 4. The van der Waals surface area contributed by atoms with Gasteiger partial charge in [-0.05, 0) is 23.3 Å². The summed E-state index contributed by atoms with van der Waals surface area (Å²) in [4.78, 5) is 24.2. The maximum absolute atomic E-state index is 13.2. The van der Waals surface area contributed by atoms with Gasteiger partial charge in [0.2, 0.25) is 11.8 Å². The number of carbonyl (C=O) groups is 2. The van der Waals surface area contributed by atoms with Gasteiger partial charge in [-0.15, -0.1) is 0 Å². The van der Waals surface area contributed by atoms with Crippen molar-refractivity contribution in [2.24, 2.45) is 0 Å². The van der Waals surface area contributed by atoms with Crippen molar-refractivity contribution in [1.82, 2.24) is 10.6 Å². The van der Waals surface area contributed by atoms with E-state index in [0.717, 1.165) is 17.3 Å². The summed E-state index contributed by atoms with van der Waals surface area (Å²) in [6.45, 7) is 0.412. The molecule has 3 rings (SSSR count). The molecule has 1 heterocycles. The maximum Gasteiger partial charge on any atom is 0.230 e. The number of allylic oxidation sites excluding steroid dienone is 1. The van der Waals surface area contributed by atoms with E-state index < -0.39 is 5.92 Å². The Balaban J connectivity index is 1.68. The molecule has 5 nitrogen and oxygen atoms in total. The van der Waals surface area contributed by atoms with Crippen LogP contribution in [0.3, 0.4) is 0 Å². The highest BCUT2D eigenvalue weighted by Gasteiger charge is 2.29. The van der Waals surface area contributed by atoms with Gasteiger partial charge >= 0.3 is 0 Å². The highest BCUT2D eigenvalue weighted by molar-refractivity contribution is 8.03. The van der Waals surface area contributed by atoms with Crippen molar-refractivity contribution in [1.29, 1.82) is 5.26 Å². The normalized spacial score (nSPS) is 16.3. The van der Waals surface area contributed by atoms with Crippen LogP contribution in [0, 0.1) is 17.1 Å². The Morgan fingerprint density at radius 2 is 1.93 bits per heavy atom. The monoisotopic (exact) mass is 395 g/mol. The number of halogens is 1. The Morgan fingerprint density at radius 1 is 1.21 bits per heavy atom. The van der Waals surface area contributed by atoms with Gasteiger partial charge in [0, 0.05) is 18.9 Å². The molecule has 28 heavy (non-hydrogen) atoms. The summed E-state index contributed by atoms with van der Waals surface area (Å²) < 4.78 is 13.2. The molecule has 0 radical (unpaired) electrons. The van der Waals surface area contributed by atoms with Crippen LogP contribution < -0.4 is 10.6 Å². The number of carbonyl (C=O) groups excluding carboxylic acids is 2. The van der Waals surface area contributed by atoms with Crippen LogP contribution in [0.5, 0.6) is 0 Å². The number of hydrogen-bond donors (Lipinski definition) is 2. The summed E-state index contributed by atoms with van der Waals surface area (Å²) in [5, 5.41) is 15.5. The van der Waals surface area contributed by atoms with E-state index in [1.54, 1.807) is 12.1 Å². The minimum absolute atomic E-state index is 0.0732. The SMILES string of the molecule is N#CC1=C(SCC(=O)NCc2ccccc2)NC(=O)C[C@@H]1c1ccc(F)cc1. The van der Waals surface area contributed by atoms with Gasteiger partial charge in [0.15, 0.2) is 0 Å². The second-order valence-electron chi connectivity index (χ2n) is 6.26. The lowest BCUT2D eigenvalue weighted by molar-refractivity contribution is -0.121. The molecule has 0 spiro atoms. The lowest BCUT2D eigenvalue weighted by Gasteiger charge is -2.25. The first-order valence-corrected chi connectivity index (χ1v) is 9.68. The summed E-state index contributed by atoms with van der Waals surface area (Å²) in [5.74, 6) is -1.19. The zero-order valence-electron chi connectivity index (χ0n) is 14.9. The summed E-state index contributed by atoms with van der Waals surface area (Å²) in [6, 6.07) is 17.4. The van der Waals surface area contributed by atoms with Crippen LogP contribution in [-0.2, 0) is 16.1 Å². The van der Waals surface area contributed by atoms with Crippen molar-refractivity contribution in [2.75, 3.05) is 5.75 Å². The van der Waals surface area contributed by atoms with Gasteiger partial charge in [-0.2, -0.15) is 5.26 Å². The molecule has 0 fully saturated rings. The van der Waals surface area contributed by atoms with Crippen LogP contribution in [0.25, 0.3) is 0 Å². The molecule has 0 aliphatic carbocycles. The van der Waals surface area contributed by atoms with Crippen molar-refractivity contribution in [3.8, 4) is 6.07 Å². The fourth-order valence-corrected chi connectivity index (χ4v) is 3.80. The molecule has 2 aromatic rings. The van der Waals surface area contributed by atoms with Crippen molar-refractivity contribution in [2.45, 2.75) is 18.9 Å². The van der Waals surface area contributed by atoms with E-state index in [-0.39, 0.29) is 29.8 Å². The molecule has 1 aliphatic rings. The standard InChI is InChI=1S/C21H18FN3O2S/c22-16-8-6-15(7-9-16)17-10-19(26)25-21(18(17)11-23)28-13-20(27)24-12-14-4-2-1-3-5-14/h1-9,17H,10,12-13H2,(H,24,27)(H,25,26)/t17-/m1/s1. The van der Waals surface area contributed by atoms with Crippen LogP contribution >= 0.6 is 11.8 Å². The van der Waals surface area contributed by atoms with E-state index in [4.69, 9.17) is 0 Å². The zero-order chi connectivity index (χ0) is 19.9. The van der Waals surface area contributed by atoms with Crippen LogP contribution in [0.1, 0.15) is 23.5 Å². The topological polar surface area (TPSA) is 82.0 Å². The zero-order valence-corrected chi connectivity index (χ0v) is 15.8. The number of thioether (sulfide) groups is 1. The quantitative estimate of drug-likeness (QED) is 0.787. The number of benzene rings is 2. The first-order valence-electron chi connectivity index (χ1n) is 8.70. The molecule has 0 unspecified atom stereocenters. The minimum Gasteiger partial charge on any atom is -0.351 e. The second kappa shape index (κ2) is 9.20. The minimum atomic E-state index is -0.450. The van der Waals surface area contributed by atoms with Crippen LogP contribution in [-0.4, -0.2) is 17.6 Å². The molecule has 7 heteroatoms. The van der Waals surface area contributed by atoms with Gasteiger partial charge in [-0.3, -0.25) is 9.59 Å². The third-order valence-electron chi connectivity index (χ3n) is 4.31. The predicted octanol–water partition coefficient (Wildman–Crippen LogP) is 3.21. The molecule has 142 valence electrons. The number of nitriles is 1. The predicted molar refractivity (Wildman–Crippen MR) is 105 cm³/mol. The van der Waals surface area contributed by atoms with Crippen LogP contribution in [0.15, 0.2) is 65.2 Å². The Labute approximate surface area is 166 Å². The molecule has 2 aromatic carbocycles. The molecule has 2 amide bonds. The molecular weight excluding hydrogens is 377 g/mol. The Kier molecular flexibility index (Phi) is 6.45. The molecule has 1 aliphatic heterocycles. The molecular formula is C21H18FN3O2S. The van der Waals surface area contributed by atoms with E-state index >= 15 is 0 Å². The molecule has 0 saturated heterocycles. The Hall–Kier alpha value is -3.11. The van der Waals surface area contributed by atoms with Crippen molar-refractivity contribution < 1.29 is 14.0 Å². The number of rotatable bonds is 6. The van der Waals surface area contributed by atoms with E-state index in [9.17, 15) is 19.2 Å². The third-order valence-corrected chi connectivity index (χ3v) is 5.33. The van der Waals surface area contributed by atoms with E-state index in [1.807, 2.05) is 30.3 Å². The fraction of sp³-hybridized carbons (Fsp3) is 0.190. The molecule has 0 aromatic heterocycles. The fourth-order valence-electron chi connectivity index (χ4n) is 2.90. The van der Waals surface area contributed by atoms with Crippen molar-refractivity contribution in [3.05, 3.63) is 82.1 Å². The van der Waals surface area contributed by atoms with E-state index in [0.29, 0.717) is 22.7 Å². The summed E-state index contributed by atoms with van der Waals surface area (Å²) in [5.41, 5.74) is 2.06. The summed E-state index contributed by atoms with van der Waals surface area (Å²) in [6.07, 6.45) is 0.110. The number of nitrogens with zero attached hydrogens (tertiary/aromatic N) is 1. The smallest absolute Gasteiger partial charge is 0.230 e. The molecule has 1 atom stereocenters. The number of nitrogens with one attached hydrogen (secondary N) is 2. The molecule has 2 N–H and O–H groups in total. The third kappa shape index (κ3) is 4.99. The van der Waals surface area contributed by atoms with E-state index in [1.165, 1.54) is 12.1 Å². The largest absolute Gasteiger partial charge is 0.351 e. The van der Waals surface area contributed by atoms with Crippen LogP contribution in [0.2, 0.25) is 0 Å². The van der Waals surface area contributed by atoms with Gasteiger partial charge in [0.05, 0.1) is 22.4 Å². The average molecular weight is 395 g/mol. The van der Waals surface area contributed by atoms with Crippen LogP contribution in [0.4, 0.5) is 4.39 Å². The molecule has 0 saturated carbocycles. The second-order valence-corrected chi connectivity index (χ2v) is 7.25. The Morgan fingerprint density at radius 3 is 2.61 bits per heavy atom. The first kappa shape index (κ1) is 19.6. The summed E-state index contributed by atoms with van der Waals surface area (Å²) >= 11 is 1.12. The summed E-state index contributed by atoms with van der Waals surface area (Å²) in [7, 11) is 0. The lowest BCUT2D eigenvalue weighted by atomic mass is 9.87. The van der Waals surface area contributed by atoms with Gasteiger partial charge in [0.1, 0.15) is 5.82 Å². The molecule has 0 bridgehead atoms. The highest BCUT2D eigenvalue weighted by atomic mass is 32.2. The lowest BCUT2D eigenvalue weighted by Crippen LogP contribution is -2.32. The van der Waals surface area contributed by atoms with Crippen molar-refractivity contribution >= 4 is 23.6 Å². The average Bonchev–Trinajstić information content (AvgIpc) is 2.71. The highest BCUT2D eigenvalue weighted by Crippen LogP contribution is 2.35. The van der Waals surface area contributed by atoms with Gasteiger partial charge in [-0.25, -0.2) is 4.39 Å². The van der Waals surface area contributed by atoms with E-state index in [2.05, 4.69) is 16.7 Å².